The van der Waals surface area contributed by atoms with Crippen LogP contribution in [-0.4, -0.2) is 44.0 Å². The second kappa shape index (κ2) is 7.06. The van der Waals surface area contributed by atoms with Crippen molar-refractivity contribution in [2.24, 2.45) is 5.92 Å². The average molecular weight is 381 g/mol. The smallest absolute Gasteiger partial charge is 0.466 e. The minimum absolute atomic E-state index is 0.0469. The summed E-state index contributed by atoms with van der Waals surface area (Å²) in [4.78, 5) is 13.1. The predicted octanol–water partition coefficient (Wildman–Crippen LogP) is 2.65. The highest BCUT2D eigenvalue weighted by Crippen LogP contribution is 2.37. The molecule has 2 saturated heterocycles. The number of carbonyl (C=O) groups is 1. The molecule has 2 aliphatic heterocycles. The monoisotopic (exact) mass is 381 g/mol. The van der Waals surface area contributed by atoms with Crippen molar-refractivity contribution in [3.8, 4) is 0 Å². The lowest BCUT2D eigenvalue weighted by Gasteiger charge is -2.40. The predicted molar refractivity (Wildman–Crippen MR) is 99.0 cm³/mol. The van der Waals surface area contributed by atoms with Crippen molar-refractivity contribution in [3.63, 3.8) is 0 Å². The third-order valence-electron chi connectivity index (χ3n) is 5.60. The zero-order valence-electron chi connectivity index (χ0n) is 16.5. The van der Waals surface area contributed by atoms with Crippen LogP contribution in [0.3, 0.4) is 0 Å². The number of carbonyl (C=O) groups excluding carboxylic acids is 1. The maximum Gasteiger partial charge on any atom is 0.495 e. The summed E-state index contributed by atoms with van der Waals surface area (Å²) in [6.07, 6.45) is 0.263. The number of benzene rings is 1. The zero-order chi connectivity index (χ0) is 20.0. The van der Waals surface area contributed by atoms with E-state index in [-0.39, 0.29) is 24.0 Å². The van der Waals surface area contributed by atoms with Gasteiger partial charge in [0.05, 0.1) is 24.2 Å². The molecule has 2 aliphatic rings. The Morgan fingerprint density at radius 1 is 1.19 bits per heavy atom. The first-order valence-corrected chi connectivity index (χ1v) is 9.29. The van der Waals surface area contributed by atoms with E-state index < -0.39 is 30.0 Å². The van der Waals surface area contributed by atoms with Crippen LogP contribution in [-0.2, 0) is 18.8 Å². The van der Waals surface area contributed by atoms with E-state index in [1.807, 2.05) is 27.7 Å². The van der Waals surface area contributed by atoms with Gasteiger partial charge in [-0.1, -0.05) is 0 Å². The first kappa shape index (κ1) is 20.1. The van der Waals surface area contributed by atoms with Gasteiger partial charge in [0.1, 0.15) is 17.3 Å². The topological polar surface area (TPSA) is 48.0 Å². The summed E-state index contributed by atoms with van der Waals surface area (Å²) >= 11 is 0. The third-order valence-corrected chi connectivity index (χ3v) is 5.60. The Bertz CT molecular complexity index is 695. The molecular weight excluding hydrogens is 355 g/mol. The van der Waals surface area contributed by atoms with Crippen molar-refractivity contribution >= 4 is 24.2 Å². The molecule has 2 fully saturated rings. The fourth-order valence-corrected chi connectivity index (χ4v) is 3.34. The van der Waals surface area contributed by atoms with Gasteiger partial charge in [-0.3, -0.25) is 4.79 Å². The molecule has 0 aliphatic carbocycles. The van der Waals surface area contributed by atoms with Gasteiger partial charge in [-0.25, -0.2) is 8.78 Å². The first-order valence-electron chi connectivity index (χ1n) is 9.29. The van der Waals surface area contributed by atoms with Gasteiger partial charge in [-0.2, -0.15) is 0 Å². The highest BCUT2D eigenvalue weighted by atomic mass is 19.1. The summed E-state index contributed by atoms with van der Waals surface area (Å²) in [7, 11) is -0.819. The molecule has 0 saturated carbocycles. The Morgan fingerprint density at radius 2 is 1.70 bits per heavy atom. The summed E-state index contributed by atoms with van der Waals surface area (Å²) in [5.74, 6) is -1.55. The summed E-state index contributed by atoms with van der Waals surface area (Å²) in [6, 6.07) is 2.53. The van der Waals surface area contributed by atoms with Crippen LogP contribution >= 0.6 is 0 Å². The highest BCUT2D eigenvalue weighted by molar-refractivity contribution is 6.62. The van der Waals surface area contributed by atoms with E-state index in [0.29, 0.717) is 25.2 Å². The molecule has 3 rings (SSSR count). The van der Waals surface area contributed by atoms with Crippen LogP contribution < -0.4 is 10.4 Å². The number of rotatable bonds is 5. The highest BCUT2D eigenvalue weighted by Gasteiger charge is 2.52. The number of ether oxygens (including phenoxy) is 1. The van der Waals surface area contributed by atoms with Gasteiger partial charge >= 0.3 is 13.1 Å². The van der Waals surface area contributed by atoms with Crippen LogP contribution in [0.25, 0.3) is 0 Å². The second-order valence-electron chi connectivity index (χ2n) is 8.20. The van der Waals surface area contributed by atoms with Gasteiger partial charge in [0, 0.05) is 19.0 Å². The molecule has 0 bridgehead atoms. The second-order valence-corrected chi connectivity index (χ2v) is 8.20. The molecule has 0 unspecified atom stereocenters. The van der Waals surface area contributed by atoms with Gasteiger partial charge in [-0.05, 0) is 52.2 Å². The number of halogens is 2. The van der Waals surface area contributed by atoms with E-state index in [0.717, 1.165) is 0 Å². The van der Waals surface area contributed by atoms with Crippen molar-refractivity contribution < 1.29 is 27.6 Å². The lowest BCUT2D eigenvalue weighted by Crippen LogP contribution is -2.49. The summed E-state index contributed by atoms with van der Waals surface area (Å²) in [5.41, 5.74) is -0.923. The fourth-order valence-electron chi connectivity index (χ4n) is 3.34. The molecular formula is C19H26BF2NO4. The van der Waals surface area contributed by atoms with Crippen molar-refractivity contribution in [2.75, 3.05) is 24.6 Å². The molecule has 0 amide bonds. The Labute approximate surface area is 159 Å². The molecule has 8 heteroatoms. The molecule has 27 heavy (non-hydrogen) atoms. The van der Waals surface area contributed by atoms with E-state index in [4.69, 9.17) is 14.0 Å². The van der Waals surface area contributed by atoms with E-state index in [1.54, 1.807) is 11.8 Å². The van der Waals surface area contributed by atoms with Crippen LogP contribution in [0, 0.1) is 17.6 Å². The zero-order valence-corrected chi connectivity index (χ0v) is 16.5. The lowest BCUT2D eigenvalue weighted by atomic mass is 9.78. The maximum absolute atomic E-state index is 14.6. The summed E-state index contributed by atoms with van der Waals surface area (Å²) in [6.45, 7) is 10.5. The molecule has 0 aromatic heterocycles. The molecule has 5 nitrogen and oxygen atoms in total. The maximum atomic E-state index is 14.6. The van der Waals surface area contributed by atoms with E-state index >= 15 is 0 Å². The molecule has 0 N–H and O–H groups in total. The third kappa shape index (κ3) is 3.83. The Kier molecular flexibility index (Phi) is 5.25. The molecule has 0 atom stereocenters. The Balaban J connectivity index is 1.70. The minimum Gasteiger partial charge on any atom is -0.466 e. The van der Waals surface area contributed by atoms with Crippen LogP contribution in [0.15, 0.2) is 12.1 Å². The van der Waals surface area contributed by atoms with E-state index in [2.05, 4.69) is 0 Å². The summed E-state index contributed by atoms with van der Waals surface area (Å²) < 4.78 is 45.9. The fraction of sp³-hybridized carbons (Fsp3) is 0.632. The number of hydrogen-bond donors (Lipinski definition) is 0. The standard InChI is InChI=1S/C19H26BF2NO4/c1-6-25-16(24)7-12-10-23(11-12)17-14(21)8-13(9-15(17)22)20-26-18(2,3)19(4,5)27-20/h8-9,12H,6-7,10-11H2,1-5H3. The SMILES string of the molecule is CCOC(=O)CC1CN(c2c(F)cc(B3OC(C)(C)C(C)(C)O3)cc2F)C1. The number of anilines is 1. The van der Waals surface area contributed by atoms with Gasteiger partial charge in [0.2, 0.25) is 0 Å². The van der Waals surface area contributed by atoms with Gasteiger partial charge in [0.25, 0.3) is 0 Å². The van der Waals surface area contributed by atoms with Gasteiger partial charge in [0.15, 0.2) is 0 Å². The Morgan fingerprint density at radius 3 is 2.19 bits per heavy atom. The minimum atomic E-state index is -0.819. The quantitative estimate of drug-likeness (QED) is 0.580. The van der Waals surface area contributed by atoms with Crippen LogP contribution in [0.1, 0.15) is 41.0 Å². The first-order chi connectivity index (χ1) is 12.5. The van der Waals surface area contributed by atoms with Crippen LogP contribution in [0.4, 0.5) is 14.5 Å². The largest absolute Gasteiger partial charge is 0.495 e. The molecule has 1 aromatic carbocycles. The van der Waals surface area contributed by atoms with E-state index in [1.165, 1.54) is 12.1 Å². The number of esters is 1. The van der Waals surface area contributed by atoms with Crippen molar-refractivity contribution in [1.29, 1.82) is 0 Å². The van der Waals surface area contributed by atoms with E-state index in [9.17, 15) is 13.6 Å². The number of nitrogens with zero attached hydrogens (tertiary/aromatic N) is 1. The van der Waals surface area contributed by atoms with Gasteiger partial charge in [-0.15, -0.1) is 0 Å². The van der Waals surface area contributed by atoms with Crippen LogP contribution in [0.5, 0.6) is 0 Å². The van der Waals surface area contributed by atoms with Crippen molar-refractivity contribution in [2.45, 2.75) is 52.2 Å². The van der Waals surface area contributed by atoms with Crippen molar-refractivity contribution in [1.82, 2.24) is 0 Å². The molecule has 2 heterocycles. The van der Waals surface area contributed by atoms with Crippen molar-refractivity contribution in [3.05, 3.63) is 23.8 Å². The van der Waals surface area contributed by atoms with Gasteiger partial charge < -0.3 is 18.9 Å². The Hall–Kier alpha value is -1.67. The molecule has 0 radical (unpaired) electrons. The molecule has 1 aromatic rings. The molecule has 148 valence electrons. The molecule has 0 spiro atoms. The lowest BCUT2D eigenvalue weighted by molar-refractivity contribution is -0.144. The normalized spacial score (nSPS) is 21.3. The number of hydrogen-bond acceptors (Lipinski definition) is 5. The average Bonchev–Trinajstić information content (AvgIpc) is 2.72. The van der Waals surface area contributed by atoms with Crippen LogP contribution in [0.2, 0.25) is 0 Å². The summed E-state index contributed by atoms with van der Waals surface area (Å²) in [5, 5.41) is 0.